The zero-order valence-electron chi connectivity index (χ0n) is 38.8. The monoisotopic (exact) mass is 817 g/mol. The van der Waals surface area contributed by atoms with Crippen LogP contribution >= 0.6 is 0 Å². The number of hydrogen-bond acceptors (Lipinski definition) is 6. The zero-order chi connectivity index (χ0) is 43.6. The lowest BCUT2D eigenvalue weighted by atomic mass is 9.62. The average molecular weight is 817 g/mol. The maximum atomic E-state index is 12.1. The molecule has 1 aliphatic heterocycles. The van der Waals surface area contributed by atoms with Crippen molar-refractivity contribution in [3.8, 4) is 0 Å². The van der Waals surface area contributed by atoms with E-state index in [0.717, 1.165) is 24.8 Å². The number of benzene rings is 2. The molecule has 2 aromatic rings. The Bertz CT molecular complexity index is 1770. The van der Waals surface area contributed by atoms with E-state index in [9.17, 15) is 14.7 Å². The Hall–Kier alpha value is -2.98. The number of rotatable bonds is 9. The van der Waals surface area contributed by atoms with Gasteiger partial charge in [0.1, 0.15) is 0 Å². The minimum absolute atomic E-state index is 0. The standard InChI is InChI=1S/C19H28O.C18H26O.C12H23BN2O4.CH4/c1-17(2)8-9-18(3,4)16-10-13(6-7-15(16)17)19(5)11-14(19)12-20;1-13(8-11-19)14-6-7-15-16(12-14)18(4,5)10-9-17(15,2)3;1-6-7-8-13-18-9(11(16)14(2)3)10(19-13)12(17)15(4)5;/h6-7,10,14,20H,8-9,11-12H2,1-5H3;6-8,12,19H,9-11H2,1-5H3;9-10H,6-8H2,1-5H3;1H4/b;13-8-;;/t14-,19+;;9-,10-;/m0.0./s1. The number of likely N-dealkylation sites (N-methyl/N-ethyl adjacent to an activating group) is 2. The number of fused-ring (bicyclic) bond motifs is 2. The number of hydrogen-bond donors (Lipinski definition) is 2. The molecule has 2 fully saturated rings. The van der Waals surface area contributed by atoms with Crippen molar-refractivity contribution in [2.24, 2.45) is 5.92 Å². The fourth-order valence-electron chi connectivity index (χ4n) is 9.00. The van der Waals surface area contributed by atoms with Gasteiger partial charge in [-0.2, -0.15) is 0 Å². The van der Waals surface area contributed by atoms with Gasteiger partial charge in [0.25, 0.3) is 11.8 Å². The second-order valence-electron chi connectivity index (χ2n) is 20.8. The molecule has 3 aliphatic carbocycles. The van der Waals surface area contributed by atoms with Crippen molar-refractivity contribution >= 4 is 24.5 Å². The summed E-state index contributed by atoms with van der Waals surface area (Å²) in [7, 11) is 6.09. The Labute approximate surface area is 359 Å². The topological polar surface area (TPSA) is 99.5 Å². The largest absolute Gasteiger partial charge is 0.458 e. The summed E-state index contributed by atoms with van der Waals surface area (Å²) in [5.74, 6) is -0.0151. The van der Waals surface area contributed by atoms with Crippen molar-refractivity contribution in [3.63, 3.8) is 0 Å². The van der Waals surface area contributed by atoms with Crippen LogP contribution in [0.25, 0.3) is 5.57 Å². The summed E-state index contributed by atoms with van der Waals surface area (Å²) < 4.78 is 11.2. The van der Waals surface area contributed by atoms with Crippen LogP contribution in [0.5, 0.6) is 0 Å². The molecule has 59 heavy (non-hydrogen) atoms. The molecule has 4 atom stereocenters. The number of carbonyl (C=O) groups is 2. The number of amides is 2. The van der Waals surface area contributed by atoms with Gasteiger partial charge < -0.3 is 29.3 Å². The predicted octanol–water partition coefficient (Wildman–Crippen LogP) is 9.61. The van der Waals surface area contributed by atoms with Gasteiger partial charge in [-0.3, -0.25) is 9.59 Å². The summed E-state index contributed by atoms with van der Waals surface area (Å²) >= 11 is 0. The number of allylic oxidation sites excluding steroid dienone is 1. The van der Waals surface area contributed by atoms with Crippen LogP contribution in [0.4, 0.5) is 0 Å². The minimum Gasteiger partial charge on any atom is -0.397 e. The van der Waals surface area contributed by atoms with Crippen LogP contribution in [0.15, 0.2) is 42.5 Å². The molecule has 0 radical (unpaired) electrons. The summed E-state index contributed by atoms with van der Waals surface area (Å²) in [6.07, 6.45) is 8.99. The molecule has 1 saturated heterocycles. The van der Waals surface area contributed by atoms with Gasteiger partial charge in [0.2, 0.25) is 0 Å². The number of unbranched alkanes of at least 4 members (excludes halogenated alkanes) is 1. The van der Waals surface area contributed by atoms with E-state index in [0.29, 0.717) is 24.3 Å². The first-order chi connectivity index (χ1) is 26.9. The van der Waals surface area contributed by atoms with Crippen LogP contribution in [-0.4, -0.2) is 92.6 Å². The van der Waals surface area contributed by atoms with Gasteiger partial charge in [-0.1, -0.05) is 132 Å². The number of carbonyl (C=O) groups excluding carboxylic acids is 2. The molecule has 330 valence electrons. The van der Waals surface area contributed by atoms with Crippen molar-refractivity contribution in [1.29, 1.82) is 0 Å². The highest BCUT2D eigenvalue weighted by Gasteiger charge is 2.51. The Balaban J connectivity index is 0.000000235. The van der Waals surface area contributed by atoms with E-state index in [1.165, 1.54) is 68.9 Å². The molecule has 6 rings (SSSR count). The first kappa shape index (κ1) is 50.4. The molecule has 2 amide bonds. The summed E-state index contributed by atoms with van der Waals surface area (Å²) in [6, 6.07) is 14.0. The molecule has 2 aromatic carbocycles. The maximum Gasteiger partial charge on any atom is 0.458 e. The lowest BCUT2D eigenvalue weighted by Gasteiger charge is -2.42. The van der Waals surface area contributed by atoms with Gasteiger partial charge in [-0.05, 0) is 117 Å². The summed E-state index contributed by atoms with van der Waals surface area (Å²) in [5, 5.41) is 18.5. The van der Waals surface area contributed by atoms with E-state index < -0.39 is 19.3 Å². The molecule has 2 N–H and O–H groups in total. The van der Waals surface area contributed by atoms with E-state index >= 15 is 0 Å². The zero-order valence-corrected chi connectivity index (χ0v) is 38.8. The summed E-state index contributed by atoms with van der Waals surface area (Å²) in [6.45, 7) is 25.7. The van der Waals surface area contributed by atoms with Crippen molar-refractivity contribution in [2.45, 2.75) is 174 Å². The van der Waals surface area contributed by atoms with E-state index in [1.807, 2.05) is 6.08 Å². The molecule has 1 heterocycles. The molecular formula is C50H81BN2O6. The van der Waals surface area contributed by atoms with Gasteiger partial charge >= 0.3 is 7.12 Å². The van der Waals surface area contributed by atoms with Crippen LogP contribution in [0, 0.1) is 5.92 Å². The van der Waals surface area contributed by atoms with Gasteiger partial charge in [0.05, 0.1) is 6.61 Å². The number of aliphatic hydroxyl groups is 2. The van der Waals surface area contributed by atoms with Crippen LogP contribution in [0.3, 0.4) is 0 Å². The van der Waals surface area contributed by atoms with Gasteiger partial charge in [0, 0.05) is 34.8 Å². The highest BCUT2D eigenvalue weighted by atomic mass is 16.7. The van der Waals surface area contributed by atoms with E-state index in [4.69, 9.17) is 14.4 Å². The van der Waals surface area contributed by atoms with Crippen LogP contribution in [0.2, 0.25) is 6.32 Å². The molecular weight excluding hydrogens is 735 g/mol. The first-order valence-corrected chi connectivity index (χ1v) is 21.8. The van der Waals surface area contributed by atoms with E-state index in [1.54, 1.807) is 28.2 Å². The Kier molecular flexibility index (Phi) is 16.6. The first-order valence-electron chi connectivity index (χ1n) is 21.8. The summed E-state index contributed by atoms with van der Waals surface area (Å²) in [5.41, 5.74) is 11.2. The maximum absolute atomic E-state index is 12.1. The molecule has 8 nitrogen and oxygen atoms in total. The van der Waals surface area contributed by atoms with Crippen LogP contribution < -0.4 is 0 Å². The quantitative estimate of drug-likeness (QED) is 0.245. The van der Waals surface area contributed by atoms with E-state index in [-0.39, 0.29) is 47.5 Å². The minimum atomic E-state index is -0.841. The summed E-state index contributed by atoms with van der Waals surface area (Å²) in [4.78, 5) is 26.9. The normalized spacial score (nSPS) is 25.4. The van der Waals surface area contributed by atoms with Crippen molar-refractivity contribution < 1.29 is 29.1 Å². The second kappa shape index (κ2) is 19.4. The molecule has 0 bridgehead atoms. The SMILES string of the molecule is C.C/C(=C/CO)c1ccc2c(c1)C(C)(C)CCC2(C)C.CC1(C)CCC(C)(C)c2cc([C@@]3(C)C[C@H]3CO)ccc21.CCCCB1O[C@H](C(=O)N(C)C)[C@@H](C(=O)N(C)C)O1. The second-order valence-corrected chi connectivity index (χ2v) is 20.8. The average Bonchev–Trinajstić information content (AvgIpc) is 3.67. The van der Waals surface area contributed by atoms with Crippen molar-refractivity contribution in [1.82, 2.24) is 9.80 Å². The van der Waals surface area contributed by atoms with Gasteiger partial charge in [0.15, 0.2) is 12.2 Å². The van der Waals surface area contributed by atoms with Crippen molar-refractivity contribution in [2.75, 3.05) is 41.4 Å². The molecule has 1 saturated carbocycles. The number of aliphatic hydroxyl groups excluding tert-OH is 2. The van der Waals surface area contributed by atoms with Gasteiger partial charge in [-0.25, -0.2) is 0 Å². The van der Waals surface area contributed by atoms with Crippen molar-refractivity contribution in [3.05, 3.63) is 75.9 Å². The Morgan fingerprint density at radius 1 is 0.729 bits per heavy atom. The van der Waals surface area contributed by atoms with Crippen LogP contribution in [0.1, 0.15) is 162 Å². The third-order valence-electron chi connectivity index (χ3n) is 13.9. The smallest absolute Gasteiger partial charge is 0.397 e. The van der Waals surface area contributed by atoms with E-state index in [2.05, 4.69) is 113 Å². The van der Waals surface area contributed by atoms with Gasteiger partial charge in [-0.15, -0.1) is 0 Å². The highest BCUT2D eigenvalue weighted by molar-refractivity contribution is 6.46. The fourth-order valence-corrected chi connectivity index (χ4v) is 9.00. The number of nitrogens with zero attached hydrogens (tertiary/aromatic N) is 2. The molecule has 0 aromatic heterocycles. The molecule has 0 unspecified atom stereocenters. The van der Waals surface area contributed by atoms with Crippen LogP contribution in [-0.2, 0) is 46.0 Å². The molecule has 4 aliphatic rings. The Morgan fingerprint density at radius 3 is 1.58 bits per heavy atom. The Morgan fingerprint density at radius 2 is 1.17 bits per heavy atom. The highest BCUT2D eigenvalue weighted by Crippen LogP contribution is 2.55. The lowest BCUT2D eigenvalue weighted by Crippen LogP contribution is -2.47. The lowest BCUT2D eigenvalue weighted by molar-refractivity contribution is -0.146. The fraction of sp³-hybridized carbons (Fsp3) is 0.680. The third kappa shape index (κ3) is 11.3. The molecule has 0 spiro atoms. The third-order valence-corrected chi connectivity index (χ3v) is 13.9. The predicted molar refractivity (Wildman–Crippen MR) is 246 cm³/mol. The molecule has 9 heteroatoms.